The van der Waals surface area contributed by atoms with Crippen LogP contribution in [0, 0.1) is 18.3 Å². The largest absolute Gasteiger partial charge is 0.493 e. The summed E-state index contributed by atoms with van der Waals surface area (Å²) in [5.74, 6) is 0.612. The van der Waals surface area contributed by atoms with Crippen LogP contribution in [-0.4, -0.2) is 19.7 Å². The fourth-order valence-electron chi connectivity index (χ4n) is 3.62. The molecule has 0 spiro atoms. The van der Waals surface area contributed by atoms with Gasteiger partial charge in [0.1, 0.15) is 5.75 Å². The number of ether oxygens (including phenoxy) is 3. The zero-order valence-corrected chi connectivity index (χ0v) is 21.2. The number of esters is 1. The minimum Gasteiger partial charge on any atom is -0.493 e. The molecule has 0 heterocycles. The van der Waals surface area contributed by atoms with Crippen LogP contribution in [0.2, 0.25) is 5.02 Å². The maximum atomic E-state index is 12.4. The molecule has 0 saturated heterocycles. The zero-order valence-electron chi connectivity index (χ0n) is 20.4. The molecule has 0 atom stereocenters. The fraction of sp³-hybridized carbons (Fsp3) is 0.0968. The molecular formula is C31H24ClNO4. The van der Waals surface area contributed by atoms with Gasteiger partial charge in [-0.25, -0.2) is 4.79 Å². The van der Waals surface area contributed by atoms with Crippen molar-refractivity contribution in [2.75, 3.05) is 13.7 Å². The Morgan fingerprint density at radius 1 is 0.892 bits per heavy atom. The lowest BCUT2D eigenvalue weighted by Crippen LogP contribution is -2.18. The molecule has 0 N–H and O–H groups in total. The highest BCUT2D eigenvalue weighted by Gasteiger charge is 2.12. The smallest absolute Gasteiger partial charge is 0.349 e. The van der Waals surface area contributed by atoms with Crippen LogP contribution in [0.3, 0.4) is 0 Å². The van der Waals surface area contributed by atoms with E-state index in [1.807, 2.05) is 31.2 Å². The van der Waals surface area contributed by atoms with Crippen molar-refractivity contribution in [2.45, 2.75) is 6.92 Å². The number of carbonyl (C=O) groups excluding carboxylic acids is 1. The van der Waals surface area contributed by atoms with Crippen molar-refractivity contribution < 1.29 is 19.0 Å². The lowest BCUT2D eigenvalue weighted by atomic mass is 10.0. The molecule has 37 heavy (non-hydrogen) atoms. The van der Waals surface area contributed by atoms with E-state index in [1.165, 1.54) is 12.7 Å². The first-order valence-corrected chi connectivity index (χ1v) is 11.9. The Morgan fingerprint density at radius 3 is 2.16 bits per heavy atom. The molecule has 0 aliphatic carbocycles. The molecule has 0 aromatic heterocycles. The number of nitrogens with zero attached hydrogens (tertiary/aromatic N) is 1. The summed E-state index contributed by atoms with van der Waals surface area (Å²) in [6, 6.07) is 30.0. The number of methoxy groups -OCH3 is 1. The van der Waals surface area contributed by atoms with E-state index in [2.05, 4.69) is 30.3 Å². The van der Waals surface area contributed by atoms with Crippen LogP contribution >= 0.6 is 11.6 Å². The molecule has 0 radical (unpaired) electrons. The van der Waals surface area contributed by atoms with E-state index in [1.54, 1.807) is 48.5 Å². The molecule has 0 bridgehead atoms. The van der Waals surface area contributed by atoms with Gasteiger partial charge in [0.25, 0.3) is 0 Å². The average molecular weight is 510 g/mol. The van der Waals surface area contributed by atoms with Crippen molar-refractivity contribution in [1.82, 2.24) is 0 Å². The van der Waals surface area contributed by atoms with Gasteiger partial charge in [0.15, 0.2) is 18.1 Å². The molecule has 4 rings (SSSR count). The molecule has 0 unspecified atom stereocenters. The first-order chi connectivity index (χ1) is 17.9. The van der Waals surface area contributed by atoms with E-state index in [4.69, 9.17) is 25.8 Å². The van der Waals surface area contributed by atoms with Gasteiger partial charge in [0.2, 0.25) is 0 Å². The van der Waals surface area contributed by atoms with E-state index in [0.717, 1.165) is 16.7 Å². The van der Waals surface area contributed by atoms with Gasteiger partial charge in [-0.1, -0.05) is 71.8 Å². The van der Waals surface area contributed by atoms with Crippen LogP contribution in [0.25, 0.3) is 22.8 Å². The van der Waals surface area contributed by atoms with Crippen molar-refractivity contribution in [3.63, 3.8) is 0 Å². The number of hydrogen-bond donors (Lipinski definition) is 0. The minimum absolute atomic E-state index is 0.257. The highest BCUT2D eigenvalue weighted by atomic mass is 35.5. The van der Waals surface area contributed by atoms with Gasteiger partial charge in [-0.2, -0.15) is 5.26 Å². The summed E-state index contributed by atoms with van der Waals surface area (Å²) < 4.78 is 16.5. The predicted octanol–water partition coefficient (Wildman–Crippen LogP) is 7.37. The van der Waals surface area contributed by atoms with Crippen LogP contribution < -0.4 is 14.2 Å². The first kappa shape index (κ1) is 25.6. The van der Waals surface area contributed by atoms with Crippen LogP contribution in [0.5, 0.6) is 17.2 Å². The molecule has 184 valence electrons. The lowest BCUT2D eigenvalue weighted by Gasteiger charge is -2.11. The summed E-state index contributed by atoms with van der Waals surface area (Å²) in [5, 5.41) is 10.2. The second-order valence-electron chi connectivity index (χ2n) is 8.24. The standard InChI is InChI=1S/C31H24ClNO4/c1-21-3-6-23(7-4-21)24-10-14-28(15-11-24)36-20-31(34)37-29-16-5-22(18-30(29)35-2)17-26(19-33)25-8-12-27(32)13-9-25/h3-18H,20H2,1-2H3/b26-17+. The van der Waals surface area contributed by atoms with Gasteiger partial charge in [0.05, 0.1) is 18.8 Å². The second-order valence-corrected chi connectivity index (χ2v) is 8.68. The fourth-order valence-corrected chi connectivity index (χ4v) is 3.74. The van der Waals surface area contributed by atoms with Gasteiger partial charge >= 0.3 is 5.97 Å². The Morgan fingerprint density at radius 2 is 1.54 bits per heavy atom. The van der Waals surface area contributed by atoms with Crippen LogP contribution in [0.1, 0.15) is 16.7 Å². The van der Waals surface area contributed by atoms with Crippen LogP contribution in [0.4, 0.5) is 0 Å². The number of rotatable bonds is 8. The summed E-state index contributed by atoms with van der Waals surface area (Å²) >= 11 is 5.94. The summed E-state index contributed by atoms with van der Waals surface area (Å²) in [5.41, 5.74) is 5.29. The lowest BCUT2D eigenvalue weighted by molar-refractivity contribution is -0.136. The number of hydrogen-bond acceptors (Lipinski definition) is 5. The van der Waals surface area contributed by atoms with Crippen molar-refractivity contribution in [3.8, 4) is 34.4 Å². The van der Waals surface area contributed by atoms with E-state index in [9.17, 15) is 10.1 Å². The molecule has 4 aromatic rings. The number of nitriles is 1. The van der Waals surface area contributed by atoms with Gasteiger partial charge in [-0.3, -0.25) is 0 Å². The first-order valence-electron chi connectivity index (χ1n) is 11.5. The van der Waals surface area contributed by atoms with E-state index < -0.39 is 5.97 Å². The van der Waals surface area contributed by atoms with Crippen molar-refractivity contribution in [3.05, 3.63) is 113 Å². The maximum absolute atomic E-state index is 12.4. The third-order valence-electron chi connectivity index (χ3n) is 5.59. The number of allylic oxidation sites excluding steroid dienone is 1. The molecule has 0 amide bonds. The number of carbonyl (C=O) groups is 1. The molecule has 0 aliphatic rings. The number of benzene rings is 4. The predicted molar refractivity (Wildman–Crippen MR) is 146 cm³/mol. The highest BCUT2D eigenvalue weighted by Crippen LogP contribution is 2.30. The third-order valence-corrected chi connectivity index (χ3v) is 5.85. The van der Waals surface area contributed by atoms with Crippen molar-refractivity contribution in [1.29, 1.82) is 5.26 Å². The molecule has 0 fully saturated rings. The zero-order chi connectivity index (χ0) is 26.2. The number of halogens is 1. The van der Waals surface area contributed by atoms with Gasteiger partial charge in [0, 0.05) is 5.02 Å². The molecule has 6 heteroatoms. The summed E-state index contributed by atoms with van der Waals surface area (Å²) in [4.78, 5) is 12.4. The molecular weight excluding hydrogens is 486 g/mol. The van der Waals surface area contributed by atoms with Crippen molar-refractivity contribution in [2.24, 2.45) is 0 Å². The minimum atomic E-state index is -0.567. The molecule has 5 nitrogen and oxygen atoms in total. The van der Waals surface area contributed by atoms with E-state index >= 15 is 0 Å². The quantitative estimate of drug-likeness (QED) is 0.107. The maximum Gasteiger partial charge on any atom is 0.349 e. The summed E-state index contributed by atoms with van der Waals surface area (Å²) in [6.45, 7) is 1.79. The second kappa shape index (κ2) is 11.9. The third kappa shape index (κ3) is 6.78. The Labute approximate surface area is 221 Å². The Balaban J connectivity index is 1.39. The molecule has 4 aromatic carbocycles. The number of aryl methyl sites for hydroxylation is 1. The Hall–Kier alpha value is -4.53. The van der Waals surface area contributed by atoms with Gasteiger partial charge < -0.3 is 14.2 Å². The molecule has 0 saturated carbocycles. The monoisotopic (exact) mass is 509 g/mol. The SMILES string of the molecule is COc1cc(/C=C(\C#N)c2ccc(Cl)cc2)ccc1OC(=O)COc1ccc(-c2ccc(C)cc2)cc1. The van der Waals surface area contributed by atoms with Crippen LogP contribution in [0.15, 0.2) is 91.0 Å². The topological polar surface area (TPSA) is 68.5 Å². The summed E-state index contributed by atoms with van der Waals surface area (Å²) in [7, 11) is 1.48. The Bertz CT molecular complexity index is 1450. The molecule has 0 aliphatic heterocycles. The van der Waals surface area contributed by atoms with Gasteiger partial charge in [-0.05, 0) is 71.7 Å². The Kier molecular flexibility index (Phi) is 8.25. The van der Waals surface area contributed by atoms with Crippen LogP contribution in [-0.2, 0) is 4.79 Å². The van der Waals surface area contributed by atoms with E-state index in [-0.39, 0.29) is 12.4 Å². The highest BCUT2D eigenvalue weighted by molar-refractivity contribution is 6.30. The van der Waals surface area contributed by atoms with Crippen molar-refractivity contribution >= 4 is 29.2 Å². The summed E-state index contributed by atoms with van der Waals surface area (Å²) in [6.07, 6.45) is 1.72. The van der Waals surface area contributed by atoms with E-state index in [0.29, 0.717) is 27.7 Å². The van der Waals surface area contributed by atoms with Gasteiger partial charge in [-0.15, -0.1) is 0 Å². The normalized spacial score (nSPS) is 10.9. The average Bonchev–Trinajstić information content (AvgIpc) is 2.92.